The fraction of sp³-hybridized carbons (Fsp3) is 0.667. The molecule has 18 nitrogen and oxygen atoms in total. The molecule has 3 heterocycles. The van der Waals surface area contributed by atoms with Crippen LogP contribution < -0.4 is 0 Å². The minimum absolute atomic E-state index is 0.0439. The number of aliphatic hydroxyl groups excluding tert-OH is 2. The number of rotatable bonds is 20. The maximum atomic E-state index is 12.0. The van der Waals surface area contributed by atoms with Crippen LogP contribution in [0.1, 0.15) is 58.6 Å². The molecule has 14 atom stereocenters. The highest BCUT2D eigenvalue weighted by Gasteiger charge is 2.52. The molecule has 3 aliphatic rings. The van der Waals surface area contributed by atoms with Gasteiger partial charge >= 0.3 is 12.1 Å². The number of benzene rings is 2. The normalized spacial score (nSPS) is 29.5. The molecule has 2 aromatic rings. The maximum Gasteiger partial charge on any atom is 0.373 e. The van der Waals surface area contributed by atoms with Gasteiger partial charge in [-0.3, -0.25) is 13.2 Å². The lowest BCUT2D eigenvalue weighted by atomic mass is 10.0. The first-order chi connectivity index (χ1) is 30.3. The van der Waals surface area contributed by atoms with Crippen molar-refractivity contribution in [1.82, 2.24) is 0 Å². The van der Waals surface area contributed by atoms with Crippen LogP contribution in [0.5, 0.6) is 0 Å². The number of carbonyl (C=O) groups excluding carboxylic acids is 3. The summed E-state index contributed by atoms with van der Waals surface area (Å²) in [4.78, 5) is 28.2. The van der Waals surface area contributed by atoms with E-state index in [-0.39, 0.29) is 52.5 Å². The molecule has 362 valence electrons. The lowest BCUT2D eigenvalue weighted by Crippen LogP contribution is -2.52. The van der Waals surface area contributed by atoms with Crippen LogP contribution in [0.4, 0.5) is 0 Å². The van der Waals surface area contributed by atoms with E-state index in [4.69, 9.17) is 37.5 Å². The molecule has 3 saturated heterocycles. The first-order valence-electron chi connectivity index (χ1n) is 20.8. The van der Waals surface area contributed by atoms with Crippen molar-refractivity contribution < 1.29 is 82.6 Å². The number of esters is 1. The molecule has 2 aromatic carbocycles. The number of aliphatic hydroxyl groups is 2. The Morgan fingerprint density at radius 3 is 1.77 bits per heavy atom. The number of hydrogen-bond donors (Lipinski definition) is 2. The van der Waals surface area contributed by atoms with Gasteiger partial charge in [0.15, 0.2) is 6.29 Å². The van der Waals surface area contributed by atoms with Gasteiger partial charge in [-0.25, -0.2) is 16.8 Å². The molecule has 0 aliphatic carbocycles. The van der Waals surface area contributed by atoms with Gasteiger partial charge in [0.25, 0.3) is 0 Å². The molecule has 4 unspecified atom stereocenters. The monoisotopic (exact) mass is 982 g/mol. The van der Waals surface area contributed by atoms with E-state index < -0.39 is 70.0 Å². The van der Waals surface area contributed by atoms with Crippen LogP contribution in [0, 0.1) is 17.8 Å². The zero-order valence-corrected chi connectivity index (χ0v) is 40.1. The van der Waals surface area contributed by atoms with Crippen LogP contribution in [-0.2, 0) is 102 Å². The zero-order valence-electron chi connectivity index (χ0n) is 36.8. The minimum Gasteiger partial charge on any atom is -0.726 e. The molecule has 3 fully saturated rings. The molecule has 0 radical (unpaired) electrons. The van der Waals surface area contributed by atoms with Crippen molar-refractivity contribution in [3.05, 3.63) is 71.8 Å². The van der Waals surface area contributed by atoms with Crippen LogP contribution >= 0.6 is 0 Å². The molecular weight excluding hydrogens is 921 g/mol. The molecule has 64 heavy (non-hydrogen) atoms. The third-order valence-electron chi connectivity index (χ3n) is 11.4. The number of methoxy groups -OCH3 is 1. The molecule has 0 bridgehead atoms. The highest BCUT2D eigenvalue weighted by molar-refractivity contribution is 7.98. The smallest absolute Gasteiger partial charge is 0.373 e. The first-order valence-corrected chi connectivity index (χ1v) is 26.8. The summed E-state index contributed by atoms with van der Waals surface area (Å²) in [7, 11) is -9.06. The van der Waals surface area contributed by atoms with Gasteiger partial charge in [-0.1, -0.05) is 88.4 Å². The van der Waals surface area contributed by atoms with E-state index in [0.717, 1.165) is 35.5 Å². The number of carbonyl (C=O) groups is 1. The van der Waals surface area contributed by atoms with E-state index in [2.05, 4.69) is 31.9 Å². The summed E-state index contributed by atoms with van der Waals surface area (Å²) in [5, 5.41) is 20.2. The maximum absolute atomic E-state index is 12.0. The number of ether oxygens (including phenoxy) is 5. The third-order valence-corrected chi connectivity index (χ3v) is 18.6. The van der Waals surface area contributed by atoms with Crippen LogP contribution in [0.25, 0.3) is 0 Å². The molecule has 0 amide bonds. The van der Waals surface area contributed by atoms with Crippen LogP contribution in [0.3, 0.4) is 0 Å². The SMILES string of the molecule is CC[C@@H]1[C@@H](C)[C@H](OCc2ccccc2)C[S+]1C[C@@H](O)[C@H](CO)OS(=O)(=O)[O-].CC[C@@H]1[C@@H](C)[C@H](OCc2ccccc2)C[S+]1C[C@H]1OC(C(C)C(=O)OC)OC[C@@H]1OS(=O)(=O)[O-].O=C=O. The van der Waals surface area contributed by atoms with E-state index in [1.807, 2.05) is 60.7 Å². The Bertz CT molecular complexity index is 1920. The van der Waals surface area contributed by atoms with Gasteiger partial charge in [-0.15, -0.1) is 0 Å². The Hall–Kier alpha value is -2.51. The van der Waals surface area contributed by atoms with Crippen LogP contribution in [-0.4, -0.2) is 145 Å². The summed E-state index contributed by atoms with van der Waals surface area (Å²) in [6.07, 6.45) is -3.17. The molecule has 0 saturated carbocycles. The highest BCUT2D eigenvalue weighted by Crippen LogP contribution is 2.37. The molecule has 22 heteroatoms. The molecule has 5 rings (SSSR count). The van der Waals surface area contributed by atoms with Crippen molar-refractivity contribution in [3.63, 3.8) is 0 Å². The second kappa shape index (κ2) is 27.3. The van der Waals surface area contributed by atoms with E-state index in [0.29, 0.717) is 41.3 Å². The van der Waals surface area contributed by atoms with Crippen molar-refractivity contribution >= 4 is 54.7 Å². The van der Waals surface area contributed by atoms with Crippen molar-refractivity contribution in [2.75, 3.05) is 43.3 Å². The summed E-state index contributed by atoms with van der Waals surface area (Å²) in [6.45, 7) is 10.3. The summed E-state index contributed by atoms with van der Waals surface area (Å²) in [6, 6.07) is 19.9. The van der Waals surface area contributed by atoms with Gasteiger partial charge in [0.05, 0.1) is 33.5 Å². The highest BCUT2D eigenvalue weighted by atomic mass is 32.3. The Kier molecular flexibility index (Phi) is 23.8. The van der Waals surface area contributed by atoms with Crippen molar-refractivity contribution in [3.8, 4) is 0 Å². The predicted molar refractivity (Wildman–Crippen MR) is 234 cm³/mol. The zero-order chi connectivity index (χ0) is 47.6. The Morgan fingerprint density at radius 1 is 0.844 bits per heavy atom. The summed E-state index contributed by atoms with van der Waals surface area (Å²) in [5.41, 5.74) is 2.20. The largest absolute Gasteiger partial charge is 0.726 e. The van der Waals surface area contributed by atoms with E-state index in [1.165, 1.54) is 7.11 Å². The first kappa shape index (κ1) is 55.8. The van der Waals surface area contributed by atoms with Gasteiger partial charge in [-0.05, 0) is 52.7 Å². The average Bonchev–Trinajstić information content (AvgIpc) is 3.73. The number of hydrogen-bond acceptors (Lipinski definition) is 18. The molecule has 3 aliphatic heterocycles. The third kappa shape index (κ3) is 17.9. The predicted octanol–water partition coefficient (Wildman–Crippen LogP) is 2.25. The molecule has 0 spiro atoms. The summed E-state index contributed by atoms with van der Waals surface area (Å²) in [5.74, 6) is 1.71. The van der Waals surface area contributed by atoms with Crippen LogP contribution in [0.2, 0.25) is 0 Å². The minimum atomic E-state index is -4.99. The van der Waals surface area contributed by atoms with Crippen molar-refractivity contribution in [2.24, 2.45) is 17.8 Å². The van der Waals surface area contributed by atoms with E-state index >= 15 is 0 Å². The quantitative estimate of drug-likeness (QED) is 0.0833. The van der Waals surface area contributed by atoms with Crippen LogP contribution in [0.15, 0.2) is 60.7 Å². The van der Waals surface area contributed by atoms with Gasteiger partial charge in [-0.2, -0.15) is 9.59 Å². The van der Waals surface area contributed by atoms with Gasteiger partial charge in [0.2, 0.25) is 20.8 Å². The Balaban J connectivity index is 0.000000328. The topological polar surface area (TPSA) is 271 Å². The van der Waals surface area contributed by atoms with Crippen molar-refractivity contribution in [1.29, 1.82) is 0 Å². The molecular formula is C42H62O18S4. The molecule has 2 N–H and O–H groups in total. The molecule has 0 aromatic heterocycles. The standard InChI is InChI=1S/C23H34O9S2.C18H28O7S2.CO2/c1-5-21-15(2)19(29-11-17-9-7-6-8-10-17)13-33(21)14-20-18(32-34(25,26)27)12-30-23(31-20)16(3)22(24)28-4;1-3-18-13(2)17(24-10-14-7-5-4-6-8-14)12-26(18)11-15(20)16(9-19)25-27(21,22)23;2-1-3/h6-10,15-16,18-21,23H,5,11-14H2,1-4H3;4-8,13,15-20H,3,9-12H2,1-2H3;/t15-,16?,18-,19+,20+,21+,23?,33?;13-,15+,16-,17+,18+,26?;/m00./s1. The second-order valence-corrected chi connectivity index (χ2v) is 22.3. The lowest BCUT2D eigenvalue weighted by Gasteiger charge is -2.37. The van der Waals surface area contributed by atoms with Gasteiger partial charge in [0.1, 0.15) is 76.1 Å². The second-order valence-electron chi connectivity index (χ2n) is 15.6. The summed E-state index contributed by atoms with van der Waals surface area (Å²) < 4.78 is 104. The Labute approximate surface area is 382 Å². The van der Waals surface area contributed by atoms with Gasteiger partial charge in [0, 0.05) is 11.8 Å². The fourth-order valence-corrected chi connectivity index (χ4v) is 15.8. The van der Waals surface area contributed by atoms with Gasteiger partial charge < -0.3 is 43.0 Å². The fourth-order valence-electron chi connectivity index (χ4n) is 8.06. The van der Waals surface area contributed by atoms with E-state index in [1.54, 1.807) is 6.92 Å². The lowest BCUT2D eigenvalue weighted by molar-refractivity contribution is -0.258. The summed E-state index contributed by atoms with van der Waals surface area (Å²) >= 11 is 0. The average molecular weight is 983 g/mol. The van der Waals surface area contributed by atoms with Crippen molar-refractivity contribution in [2.45, 2.75) is 114 Å². The van der Waals surface area contributed by atoms with E-state index in [9.17, 15) is 40.9 Å². The Morgan fingerprint density at radius 2 is 1.33 bits per heavy atom.